The largest absolute Gasteiger partial charge is 0.508 e. The number of aryl methyl sites for hydroxylation is 1. The summed E-state index contributed by atoms with van der Waals surface area (Å²) in [6.07, 6.45) is 2.05. The van der Waals surface area contributed by atoms with Gasteiger partial charge in [-0.05, 0) is 12.1 Å². The summed E-state index contributed by atoms with van der Waals surface area (Å²) in [6.45, 7) is 1.03. The van der Waals surface area contributed by atoms with Gasteiger partial charge in [-0.15, -0.1) is 0 Å². The molecule has 0 atom stereocenters. The van der Waals surface area contributed by atoms with Crippen molar-refractivity contribution >= 4 is 11.8 Å². The minimum absolute atomic E-state index is 0.285. The van der Waals surface area contributed by atoms with Gasteiger partial charge in [0.25, 0.3) is 0 Å². The highest BCUT2D eigenvalue weighted by molar-refractivity contribution is 7.99. The molecule has 2 heterocycles. The molecular formula is C11H10N2OS. The van der Waals surface area contributed by atoms with Crippen LogP contribution in [0.25, 0.3) is 11.3 Å². The van der Waals surface area contributed by atoms with E-state index in [1.807, 2.05) is 18.3 Å². The van der Waals surface area contributed by atoms with Crippen LogP contribution < -0.4 is 0 Å². The minimum Gasteiger partial charge on any atom is -0.508 e. The Morgan fingerprint density at radius 1 is 1.40 bits per heavy atom. The lowest BCUT2D eigenvalue weighted by atomic mass is 10.1. The predicted molar refractivity (Wildman–Crippen MR) is 60.1 cm³/mol. The van der Waals surface area contributed by atoms with Gasteiger partial charge in [-0.3, -0.25) is 0 Å². The first kappa shape index (κ1) is 8.85. The molecule has 15 heavy (non-hydrogen) atoms. The zero-order chi connectivity index (χ0) is 10.3. The lowest BCUT2D eigenvalue weighted by Crippen LogP contribution is -1.89. The normalized spacial score (nSPS) is 14.1. The Bertz CT molecular complexity index is 486. The number of nitrogens with zero attached hydrogens (tertiary/aromatic N) is 2. The fourth-order valence-electron chi connectivity index (χ4n) is 1.71. The maximum atomic E-state index is 9.38. The number of aromatic nitrogens is 2. The second-order valence-electron chi connectivity index (χ2n) is 3.50. The fourth-order valence-corrected chi connectivity index (χ4v) is 2.66. The van der Waals surface area contributed by atoms with Crippen molar-refractivity contribution in [1.82, 2.24) is 9.55 Å². The van der Waals surface area contributed by atoms with Gasteiger partial charge in [-0.2, -0.15) is 0 Å². The lowest BCUT2D eigenvalue weighted by molar-refractivity contribution is 0.475. The Morgan fingerprint density at radius 3 is 3.13 bits per heavy atom. The van der Waals surface area contributed by atoms with Gasteiger partial charge in [0.05, 0.1) is 5.69 Å². The van der Waals surface area contributed by atoms with Crippen LogP contribution >= 0.6 is 11.8 Å². The average Bonchev–Trinajstić information content (AvgIpc) is 2.76. The molecule has 1 N–H and O–H groups in total. The van der Waals surface area contributed by atoms with Crippen LogP contribution in [-0.4, -0.2) is 20.4 Å². The van der Waals surface area contributed by atoms with E-state index in [0.717, 1.165) is 28.7 Å². The maximum Gasteiger partial charge on any atom is 0.168 e. The van der Waals surface area contributed by atoms with E-state index < -0.39 is 0 Å². The van der Waals surface area contributed by atoms with Crippen molar-refractivity contribution in [2.45, 2.75) is 11.7 Å². The quantitative estimate of drug-likeness (QED) is 0.798. The maximum absolute atomic E-state index is 9.38. The van der Waals surface area contributed by atoms with Crippen molar-refractivity contribution < 1.29 is 5.11 Å². The summed E-state index contributed by atoms with van der Waals surface area (Å²) in [7, 11) is 0. The van der Waals surface area contributed by atoms with E-state index in [4.69, 9.17) is 0 Å². The summed E-state index contributed by atoms with van der Waals surface area (Å²) in [4.78, 5) is 4.52. The van der Waals surface area contributed by atoms with Gasteiger partial charge in [0.15, 0.2) is 5.16 Å². The number of imidazole rings is 1. The highest BCUT2D eigenvalue weighted by Crippen LogP contribution is 2.29. The van der Waals surface area contributed by atoms with Crippen LogP contribution in [0.2, 0.25) is 0 Å². The second kappa shape index (κ2) is 3.31. The van der Waals surface area contributed by atoms with Crippen LogP contribution in [0.15, 0.2) is 35.6 Å². The third-order valence-electron chi connectivity index (χ3n) is 2.45. The fraction of sp³-hybridized carbons (Fsp3) is 0.182. The summed E-state index contributed by atoms with van der Waals surface area (Å²) >= 11 is 1.78. The molecule has 4 heteroatoms. The molecule has 1 aliphatic heterocycles. The van der Waals surface area contributed by atoms with Crippen LogP contribution in [0.5, 0.6) is 5.75 Å². The molecule has 3 nitrogen and oxygen atoms in total. The molecule has 0 aliphatic carbocycles. The molecule has 0 spiro atoms. The molecule has 0 fully saturated rings. The highest BCUT2D eigenvalue weighted by Gasteiger charge is 2.15. The Morgan fingerprint density at radius 2 is 2.33 bits per heavy atom. The van der Waals surface area contributed by atoms with Gasteiger partial charge in [0.1, 0.15) is 5.75 Å². The molecular weight excluding hydrogens is 208 g/mol. The zero-order valence-corrected chi connectivity index (χ0v) is 8.87. The molecule has 76 valence electrons. The molecule has 0 unspecified atom stereocenters. The van der Waals surface area contributed by atoms with E-state index in [-0.39, 0.29) is 5.75 Å². The number of phenols is 1. The lowest BCUT2D eigenvalue weighted by Gasteiger charge is -1.97. The van der Waals surface area contributed by atoms with Crippen molar-refractivity contribution in [3.8, 4) is 17.0 Å². The van der Waals surface area contributed by atoms with E-state index in [1.165, 1.54) is 0 Å². The number of hydrogen-bond acceptors (Lipinski definition) is 3. The third-order valence-corrected chi connectivity index (χ3v) is 3.42. The van der Waals surface area contributed by atoms with E-state index >= 15 is 0 Å². The van der Waals surface area contributed by atoms with E-state index in [2.05, 4.69) is 9.55 Å². The van der Waals surface area contributed by atoms with Crippen molar-refractivity contribution in [3.05, 3.63) is 30.5 Å². The number of thioether (sulfide) groups is 1. The summed E-state index contributed by atoms with van der Waals surface area (Å²) < 4.78 is 2.16. The Kier molecular flexibility index (Phi) is 1.95. The third kappa shape index (κ3) is 1.51. The number of fused-ring (bicyclic) bond motifs is 1. The highest BCUT2D eigenvalue weighted by atomic mass is 32.2. The second-order valence-corrected chi connectivity index (χ2v) is 4.56. The molecule has 0 radical (unpaired) electrons. The van der Waals surface area contributed by atoms with Crippen LogP contribution in [0.3, 0.4) is 0 Å². The Hall–Kier alpha value is -1.42. The molecule has 1 aromatic carbocycles. The van der Waals surface area contributed by atoms with Crippen molar-refractivity contribution in [2.24, 2.45) is 0 Å². The van der Waals surface area contributed by atoms with E-state index in [1.54, 1.807) is 23.9 Å². The summed E-state index contributed by atoms with van der Waals surface area (Å²) in [5.74, 6) is 1.40. The number of rotatable bonds is 1. The first-order valence-electron chi connectivity index (χ1n) is 4.82. The SMILES string of the molecule is Oc1cccc(-c2cn3c(n2)SCC3)c1. The number of benzene rings is 1. The predicted octanol–water partition coefficient (Wildman–Crippen LogP) is 2.36. The summed E-state index contributed by atoms with van der Waals surface area (Å²) in [5, 5.41) is 10.5. The van der Waals surface area contributed by atoms with Gasteiger partial charge < -0.3 is 9.67 Å². The number of aromatic hydroxyl groups is 1. The smallest absolute Gasteiger partial charge is 0.168 e. The molecule has 2 aromatic rings. The van der Waals surface area contributed by atoms with Gasteiger partial charge >= 0.3 is 0 Å². The van der Waals surface area contributed by atoms with Crippen molar-refractivity contribution in [1.29, 1.82) is 0 Å². The first-order chi connectivity index (χ1) is 7.33. The zero-order valence-electron chi connectivity index (χ0n) is 8.05. The molecule has 0 saturated heterocycles. The standard InChI is InChI=1S/C11H10N2OS/c14-9-3-1-2-8(6-9)10-7-13-4-5-15-11(13)12-10/h1-3,6-7,14H,4-5H2. The molecule has 0 saturated carbocycles. The van der Waals surface area contributed by atoms with E-state index in [0.29, 0.717) is 0 Å². The topological polar surface area (TPSA) is 38.0 Å². The monoisotopic (exact) mass is 218 g/mol. The molecule has 0 bridgehead atoms. The first-order valence-corrected chi connectivity index (χ1v) is 5.81. The van der Waals surface area contributed by atoms with Gasteiger partial charge in [0.2, 0.25) is 0 Å². The van der Waals surface area contributed by atoms with Crippen molar-refractivity contribution in [2.75, 3.05) is 5.75 Å². The van der Waals surface area contributed by atoms with Gasteiger partial charge in [-0.25, -0.2) is 4.98 Å². The Balaban J connectivity index is 2.06. The molecule has 1 aromatic heterocycles. The van der Waals surface area contributed by atoms with Crippen LogP contribution in [-0.2, 0) is 6.54 Å². The van der Waals surface area contributed by atoms with Crippen LogP contribution in [0.1, 0.15) is 0 Å². The minimum atomic E-state index is 0.285. The van der Waals surface area contributed by atoms with Gasteiger partial charge in [-0.1, -0.05) is 23.9 Å². The van der Waals surface area contributed by atoms with E-state index in [9.17, 15) is 5.11 Å². The number of hydrogen-bond donors (Lipinski definition) is 1. The summed E-state index contributed by atoms with van der Waals surface area (Å²) in [5.41, 5.74) is 1.91. The van der Waals surface area contributed by atoms with Crippen LogP contribution in [0.4, 0.5) is 0 Å². The Labute approximate surface area is 91.8 Å². The molecule has 0 amide bonds. The van der Waals surface area contributed by atoms with Gasteiger partial charge in [0, 0.05) is 24.1 Å². The molecule has 3 rings (SSSR count). The van der Waals surface area contributed by atoms with Crippen LogP contribution in [0, 0.1) is 0 Å². The summed E-state index contributed by atoms with van der Waals surface area (Å²) in [6, 6.07) is 7.20. The number of phenolic OH excluding ortho intramolecular Hbond substituents is 1. The average molecular weight is 218 g/mol. The molecule has 1 aliphatic rings. The van der Waals surface area contributed by atoms with Crippen molar-refractivity contribution in [3.63, 3.8) is 0 Å².